The van der Waals surface area contributed by atoms with Gasteiger partial charge in [-0.15, -0.1) is 5.10 Å². The molecule has 28 heavy (non-hydrogen) atoms. The molecule has 0 spiro atoms. The first-order valence-corrected chi connectivity index (χ1v) is 8.73. The second-order valence-electron chi connectivity index (χ2n) is 6.21. The van der Waals surface area contributed by atoms with Crippen LogP contribution in [0.25, 0.3) is 17.3 Å². The summed E-state index contributed by atoms with van der Waals surface area (Å²) in [4.78, 5) is 25.4. The van der Waals surface area contributed by atoms with Gasteiger partial charge in [0.1, 0.15) is 18.1 Å². The van der Waals surface area contributed by atoms with E-state index in [1.807, 2.05) is 31.2 Å². The van der Waals surface area contributed by atoms with Gasteiger partial charge in [-0.3, -0.25) is 9.36 Å². The Bertz CT molecular complexity index is 1140. The van der Waals surface area contributed by atoms with Crippen molar-refractivity contribution in [3.05, 3.63) is 82.9 Å². The number of benzene rings is 1. The molecule has 3 heterocycles. The summed E-state index contributed by atoms with van der Waals surface area (Å²) in [7, 11) is 0. The third-order valence-electron chi connectivity index (χ3n) is 4.16. The maximum Gasteiger partial charge on any atom is 0.351 e. The lowest BCUT2D eigenvalue weighted by Gasteiger charge is -2.05. The van der Waals surface area contributed by atoms with Gasteiger partial charge in [-0.2, -0.15) is 4.68 Å². The standard InChI is InChI=1S/C20H18N4O4/c1-14-9-10-16(28-14)12-21-18(25)13-23-19(17-8-5-11-27-17)22-24(20(23)26)15-6-3-2-4-7-15/h2-11H,12-13H2,1H3,(H,21,25). The predicted molar refractivity (Wildman–Crippen MR) is 101 cm³/mol. The lowest BCUT2D eigenvalue weighted by atomic mass is 10.3. The summed E-state index contributed by atoms with van der Waals surface area (Å²) in [6.45, 7) is 1.88. The molecule has 0 aliphatic heterocycles. The third kappa shape index (κ3) is 3.52. The van der Waals surface area contributed by atoms with Crippen LogP contribution in [0.4, 0.5) is 0 Å². The molecule has 0 atom stereocenters. The Morgan fingerprint density at radius 3 is 2.61 bits per heavy atom. The lowest BCUT2D eigenvalue weighted by Crippen LogP contribution is -2.33. The normalized spacial score (nSPS) is 10.9. The minimum atomic E-state index is -0.429. The summed E-state index contributed by atoms with van der Waals surface area (Å²) in [5.74, 6) is 1.76. The maximum absolute atomic E-state index is 12.9. The molecule has 0 bridgehead atoms. The predicted octanol–water partition coefficient (Wildman–Crippen LogP) is 2.51. The molecule has 0 saturated heterocycles. The maximum atomic E-state index is 12.9. The Morgan fingerprint density at radius 2 is 1.93 bits per heavy atom. The fourth-order valence-electron chi connectivity index (χ4n) is 2.83. The van der Waals surface area contributed by atoms with E-state index in [0.29, 0.717) is 17.2 Å². The molecule has 0 saturated carbocycles. The molecule has 1 amide bonds. The number of furan rings is 2. The van der Waals surface area contributed by atoms with Crippen LogP contribution in [-0.2, 0) is 17.9 Å². The van der Waals surface area contributed by atoms with Crippen LogP contribution >= 0.6 is 0 Å². The fraction of sp³-hybridized carbons (Fsp3) is 0.150. The molecule has 0 aliphatic rings. The summed E-state index contributed by atoms with van der Waals surface area (Å²) in [5, 5.41) is 7.12. The summed E-state index contributed by atoms with van der Waals surface area (Å²) >= 11 is 0. The number of aromatic nitrogens is 3. The van der Waals surface area contributed by atoms with Gasteiger partial charge in [-0.05, 0) is 43.3 Å². The first-order valence-electron chi connectivity index (χ1n) is 8.73. The van der Waals surface area contributed by atoms with Gasteiger partial charge < -0.3 is 14.2 Å². The Labute approximate surface area is 160 Å². The average molecular weight is 378 g/mol. The van der Waals surface area contributed by atoms with Gasteiger partial charge in [-0.25, -0.2) is 4.79 Å². The molecule has 8 heteroatoms. The van der Waals surface area contributed by atoms with Gasteiger partial charge in [0.05, 0.1) is 18.5 Å². The zero-order valence-electron chi connectivity index (χ0n) is 15.2. The molecule has 1 aromatic carbocycles. The van der Waals surface area contributed by atoms with Crippen LogP contribution in [0.2, 0.25) is 0 Å². The van der Waals surface area contributed by atoms with Crippen molar-refractivity contribution in [2.24, 2.45) is 0 Å². The van der Waals surface area contributed by atoms with E-state index in [1.54, 1.807) is 30.3 Å². The van der Waals surface area contributed by atoms with Crippen molar-refractivity contribution >= 4 is 5.91 Å². The highest BCUT2D eigenvalue weighted by atomic mass is 16.3. The first kappa shape index (κ1) is 17.6. The summed E-state index contributed by atoms with van der Waals surface area (Å²) in [6.07, 6.45) is 1.49. The molecule has 142 valence electrons. The number of amides is 1. The number of aryl methyl sites for hydroxylation is 1. The first-order chi connectivity index (χ1) is 13.6. The number of carbonyl (C=O) groups excluding carboxylic acids is 1. The van der Waals surface area contributed by atoms with Gasteiger partial charge in [0.15, 0.2) is 5.76 Å². The number of para-hydroxylation sites is 1. The lowest BCUT2D eigenvalue weighted by molar-refractivity contribution is -0.121. The van der Waals surface area contributed by atoms with Gasteiger partial charge >= 0.3 is 5.69 Å². The monoisotopic (exact) mass is 378 g/mol. The second-order valence-corrected chi connectivity index (χ2v) is 6.21. The van der Waals surface area contributed by atoms with Crippen LogP contribution < -0.4 is 11.0 Å². The number of hydrogen-bond donors (Lipinski definition) is 1. The summed E-state index contributed by atoms with van der Waals surface area (Å²) < 4.78 is 13.4. The molecule has 0 fully saturated rings. The van der Waals surface area contributed by atoms with Crippen LogP contribution in [0.5, 0.6) is 0 Å². The second kappa shape index (κ2) is 7.43. The molecule has 0 aliphatic carbocycles. The number of nitrogens with zero attached hydrogens (tertiary/aromatic N) is 3. The smallest absolute Gasteiger partial charge is 0.351 e. The topological polar surface area (TPSA) is 95.2 Å². The molecule has 4 rings (SSSR count). The quantitative estimate of drug-likeness (QED) is 0.556. The van der Waals surface area contributed by atoms with E-state index >= 15 is 0 Å². The van der Waals surface area contributed by atoms with Crippen molar-refractivity contribution in [2.45, 2.75) is 20.0 Å². The van der Waals surface area contributed by atoms with E-state index in [2.05, 4.69) is 10.4 Å². The minimum Gasteiger partial charge on any atom is -0.465 e. The third-order valence-corrected chi connectivity index (χ3v) is 4.16. The molecule has 0 radical (unpaired) electrons. The van der Waals surface area contributed by atoms with Crippen molar-refractivity contribution in [2.75, 3.05) is 0 Å². The Kier molecular flexibility index (Phi) is 4.67. The van der Waals surface area contributed by atoms with Crippen molar-refractivity contribution in [3.8, 4) is 17.3 Å². The number of hydrogen-bond acceptors (Lipinski definition) is 5. The van der Waals surface area contributed by atoms with Crippen molar-refractivity contribution in [1.82, 2.24) is 19.7 Å². The zero-order chi connectivity index (χ0) is 19.5. The minimum absolute atomic E-state index is 0.193. The molecule has 3 aromatic heterocycles. The van der Waals surface area contributed by atoms with Crippen LogP contribution in [-0.4, -0.2) is 20.3 Å². The van der Waals surface area contributed by atoms with Crippen LogP contribution in [0, 0.1) is 6.92 Å². The molecular formula is C20H18N4O4. The van der Waals surface area contributed by atoms with Crippen LogP contribution in [0.1, 0.15) is 11.5 Å². The summed E-state index contributed by atoms with van der Waals surface area (Å²) in [5.41, 5.74) is 0.173. The molecule has 8 nitrogen and oxygen atoms in total. The van der Waals surface area contributed by atoms with Crippen molar-refractivity contribution in [3.63, 3.8) is 0 Å². The van der Waals surface area contributed by atoms with E-state index in [1.165, 1.54) is 15.5 Å². The van der Waals surface area contributed by atoms with Gasteiger partial charge in [0, 0.05) is 0 Å². The average Bonchev–Trinajstić information content (AvgIpc) is 3.43. The van der Waals surface area contributed by atoms with Gasteiger partial charge in [0.25, 0.3) is 0 Å². The molecular weight excluding hydrogens is 360 g/mol. The molecule has 1 N–H and O–H groups in total. The van der Waals surface area contributed by atoms with E-state index in [-0.39, 0.29) is 24.8 Å². The highest BCUT2D eigenvalue weighted by molar-refractivity contribution is 5.76. The highest BCUT2D eigenvalue weighted by Gasteiger charge is 2.20. The van der Waals surface area contributed by atoms with E-state index < -0.39 is 5.69 Å². The number of nitrogens with one attached hydrogen (secondary N) is 1. The van der Waals surface area contributed by atoms with E-state index in [9.17, 15) is 9.59 Å². The summed E-state index contributed by atoms with van der Waals surface area (Å²) in [6, 6.07) is 16.0. The largest absolute Gasteiger partial charge is 0.465 e. The molecule has 0 unspecified atom stereocenters. The SMILES string of the molecule is Cc1ccc(CNC(=O)Cn2c(-c3ccco3)nn(-c3ccccc3)c2=O)o1. The Hall–Kier alpha value is -3.81. The number of rotatable bonds is 6. The van der Waals surface area contributed by atoms with E-state index in [0.717, 1.165) is 5.76 Å². The van der Waals surface area contributed by atoms with Crippen molar-refractivity contribution in [1.29, 1.82) is 0 Å². The highest BCUT2D eigenvalue weighted by Crippen LogP contribution is 2.17. The Morgan fingerprint density at radius 1 is 1.11 bits per heavy atom. The number of carbonyl (C=O) groups is 1. The van der Waals surface area contributed by atoms with Crippen LogP contribution in [0.15, 0.2) is 74.5 Å². The van der Waals surface area contributed by atoms with Gasteiger partial charge in [0.2, 0.25) is 11.7 Å². The van der Waals surface area contributed by atoms with Crippen molar-refractivity contribution < 1.29 is 13.6 Å². The zero-order valence-corrected chi connectivity index (χ0v) is 15.2. The van der Waals surface area contributed by atoms with Gasteiger partial charge in [-0.1, -0.05) is 18.2 Å². The van der Waals surface area contributed by atoms with Crippen LogP contribution in [0.3, 0.4) is 0 Å². The van der Waals surface area contributed by atoms with E-state index in [4.69, 9.17) is 8.83 Å². The Balaban J connectivity index is 1.62. The fourth-order valence-corrected chi connectivity index (χ4v) is 2.83. The molecule has 4 aromatic rings.